The number of benzene rings is 2. The average Bonchev–Trinajstić information content (AvgIpc) is 3.20. The number of piperidine rings is 1. The van der Waals surface area contributed by atoms with Gasteiger partial charge in [0.05, 0.1) is 14.6 Å². The van der Waals surface area contributed by atoms with Gasteiger partial charge in [-0.25, -0.2) is 0 Å². The van der Waals surface area contributed by atoms with E-state index in [0.29, 0.717) is 12.1 Å². The summed E-state index contributed by atoms with van der Waals surface area (Å²) in [6.07, 6.45) is 0.0406. The van der Waals surface area contributed by atoms with Crippen molar-refractivity contribution in [2.75, 3.05) is 31.6 Å². The van der Waals surface area contributed by atoms with E-state index in [1.165, 1.54) is 10.5 Å². The van der Waals surface area contributed by atoms with Crippen LogP contribution in [0, 0.1) is 0 Å². The van der Waals surface area contributed by atoms with Crippen LogP contribution in [0.2, 0.25) is 0 Å². The third-order valence-electron chi connectivity index (χ3n) is 6.41. The molecular formula is C25H30N4O4S. The Bertz CT molecular complexity index is 1120. The van der Waals surface area contributed by atoms with Crippen LogP contribution in [-0.2, 0) is 34.0 Å². The third-order valence-corrected chi connectivity index (χ3v) is 6.41. The van der Waals surface area contributed by atoms with Crippen molar-refractivity contribution in [2.45, 2.75) is 38.5 Å². The van der Waals surface area contributed by atoms with E-state index >= 15 is 0 Å². The van der Waals surface area contributed by atoms with Crippen molar-refractivity contribution in [3.05, 3.63) is 64.7 Å². The van der Waals surface area contributed by atoms with Gasteiger partial charge < -0.3 is 15.0 Å². The topological polar surface area (TPSA) is 91.0 Å². The number of carbonyl (C=O) groups excluding carboxylic acids is 3. The zero-order valence-electron chi connectivity index (χ0n) is 19.9. The Labute approximate surface area is 207 Å². The number of nitrogens with one attached hydrogen (secondary N) is 2. The summed E-state index contributed by atoms with van der Waals surface area (Å²) in [7, 11) is 0. The highest BCUT2D eigenvalue weighted by atomic mass is 32.1. The van der Waals surface area contributed by atoms with E-state index in [-0.39, 0.29) is 38.8 Å². The van der Waals surface area contributed by atoms with Gasteiger partial charge in [0.2, 0.25) is 11.8 Å². The summed E-state index contributed by atoms with van der Waals surface area (Å²) < 4.78 is 14.1. The van der Waals surface area contributed by atoms with Crippen molar-refractivity contribution in [2.24, 2.45) is 0 Å². The molecule has 2 aromatic carbocycles. The first-order chi connectivity index (χ1) is 16.4. The van der Waals surface area contributed by atoms with Crippen LogP contribution in [0.15, 0.2) is 42.5 Å². The molecule has 0 radical (unpaired) electrons. The van der Waals surface area contributed by atoms with Gasteiger partial charge in [-0.15, -0.1) is 0 Å². The van der Waals surface area contributed by atoms with Crippen LogP contribution < -0.4 is 10.6 Å². The molecule has 8 nitrogen and oxygen atoms in total. The number of nitrogens with zero attached hydrogens (tertiary/aromatic N) is 2. The minimum Gasteiger partial charge on any atom is -0.381 e. The van der Waals surface area contributed by atoms with Gasteiger partial charge in [-0.2, -0.15) is 13.5 Å². The van der Waals surface area contributed by atoms with Gasteiger partial charge in [0.1, 0.15) is 6.02 Å². The van der Waals surface area contributed by atoms with Crippen molar-refractivity contribution in [1.29, 1.82) is 0 Å². The van der Waals surface area contributed by atoms with Crippen molar-refractivity contribution in [3.8, 4) is 0 Å². The average molecular weight is 484 g/mol. The van der Waals surface area contributed by atoms with Crippen LogP contribution in [-0.4, -0.2) is 59.8 Å². The highest BCUT2D eigenvalue weighted by Gasteiger charge is 2.39. The van der Waals surface area contributed by atoms with E-state index in [1.54, 1.807) is 12.1 Å². The van der Waals surface area contributed by atoms with Crippen molar-refractivity contribution >= 4 is 36.9 Å². The first-order valence-corrected chi connectivity index (χ1v) is 11.3. The molecule has 2 fully saturated rings. The van der Waals surface area contributed by atoms with Crippen molar-refractivity contribution < 1.29 is 20.5 Å². The van der Waals surface area contributed by atoms with Gasteiger partial charge in [0, 0.05) is 56.0 Å². The maximum atomic E-state index is 13.1. The quantitative estimate of drug-likeness (QED) is 0.611. The molecule has 0 aliphatic carbocycles. The Morgan fingerprint density at radius 3 is 2.53 bits per heavy atom. The largest absolute Gasteiger partial charge is 0.381 e. The number of rotatable bonds is 6. The van der Waals surface area contributed by atoms with Crippen LogP contribution in [0.25, 0.3) is 0 Å². The number of hydrogen-bond acceptors (Lipinski definition) is 6. The fourth-order valence-electron chi connectivity index (χ4n) is 4.56. The molecule has 3 heterocycles. The number of fused-ring (bicyclic) bond motifs is 1. The van der Waals surface area contributed by atoms with Gasteiger partial charge >= 0.3 is 0 Å². The minimum absolute atomic E-state index is 0. The molecule has 0 bridgehead atoms. The fraction of sp³-hybridized carbons (Fsp3) is 0.400. The second kappa shape index (κ2) is 10.6. The lowest BCUT2D eigenvalue weighted by Gasteiger charge is -2.29. The smallest absolute Gasteiger partial charge is 0.255 e. The standard InChI is InChI=1S/C25H28N4O4.H2S/c30-23-9-8-22(24(31)27-23)29-16-20-19(25(29)32)2-1-3-21(20)26-14-17-4-6-18(7-5-17)15-28-10-12-33-13-11-28;/h1-7,22,26H,8-16H2,(H,27,30,31);1H2/t22-;/m1./s1/i22D;. The highest BCUT2D eigenvalue weighted by molar-refractivity contribution is 7.59. The molecule has 0 spiro atoms. The van der Waals surface area contributed by atoms with Gasteiger partial charge in [-0.3, -0.25) is 24.6 Å². The van der Waals surface area contributed by atoms with E-state index in [0.717, 1.165) is 49.7 Å². The first-order valence-electron chi connectivity index (χ1n) is 11.8. The summed E-state index contributed by atoms with van der Waals surface area (Å²) in [6.45, 7) is 5.13. The Kier molecular flexibility index (Phi) is 7.13. The minimum atomic E-state index is -1.78. The van der Waals surface area contributed by atoms with E-state index in [4.69, 9.17) is 6.11 Å². The molecule has 180 valence electrons. The van der Waals surface area contributed by atoms with E-state index in [2.05, 4.69) is 39.8 Å². The molecule has 0 saturated carbocycles. The molecule has 3 aliphatic rings. The van der Waals surface area contributed by atoms with Gasteiger partial charge in [-0.05, 0) is 29.7 Å². The second-order valence-electron chi connectivity index (χ2n) is 8.61. The van der Waals surface area contributed by atoms with Crippen LogP contribution in [0.5, 0.6) is 0 Å². The second-order valence-corrected chi connectivity index (χ2v) is 8.61. The number of hydrogen-bond donors (Lipinski definition) is 2. The number of morpholine rings is 1. The summed E-state index contributed by atoms with van der Waals surface area (Å²) in [4.78, 5) is 40.7. The van der Waals surface area contributed by atoms with Crippen LogP contribution in [0.3, 0.4) is 0 Å². The molecule has 2 N–H and O–H groups in total. The Balaban J connectivity index is 0.00000289. The SMILES string of the molecule is S.[2H][C@@]1(N2Cc3c(NCc4ccc(CN5CCOCC5)cc4)cccc3C2=O)CCC(=O)NC1=O. The lowest BCUT2D eigenvalue weighted by atomic mass is 10.0. The van der Waals surface area contributed by atoms with Crippen molar-refractivity contribution in [3.63, 3.8) is 0 Å². The molecule has 9 heteroatoms. The predicted molar refractivity (Wildman–Crippen MR) is 133 cm³/mol. The Morgan fingerprint density at radius 1 is 1.06 bits per heavy atom. The van der Waals surface area contributed by atoms with Gasteiger partial charge in [0.15, 0.2) is 0 Å². The summed E-state index contributed by atoms with van der Waals surface area (Å²) in [6, 6.07) is 12.1. The highest BCUT2D eigenvalue weighted by Crippen LogP contribution is 2.32. The van der Waals surface area contributed by atoms with Crippen LogP contribution >= 0.6 is 13.5 Å². The monoisotopic (exact) mass is 483 g/mol. The molecule has 5 rings (SSSR count). The third kappa shape index (κ3) is 5.11. The van der Waals surface area contributed by atoms with E-state index in [1.807, 2.05) is 6.07 Å². The van der Waals surface area contributed by atoms with Crippen LogP contribution in [0.4, 0.5) is 5.69 Å². The maximum absolute atomic E-state index is 13.1. The molecule has 0 unspecified atom stereocenters. The molecule has 0 aromatic heterocycles. The van der Waals surface area contributed by atoms with Gasteiger partial charge in [-0.1, -0.05) is 30.3 Å². The molecule has 3 aliphatic heterocycles. The van der Waals surface area contributed by atoms with E-state index < -0.39 is 17.8 Å². The first kappa shape index (κ1) is 22.9. The number of amides is 3. The summed E-state index contributed by atoms with van der Waals surface area (Å²) in [5.74, 6) is -1.50. The van der Waals surface area contributed by atoms with Crippen molar-refractivity contribution in [1.82, 2.24) is 15.1 Å². The zero-order chi connectivity index (χ0) is 23.7. The Morgan fingerprint density at radius 2 is 1.79 bits per heavy atom. The number of ether oxygens (including phenoxy) is 1. The fourth-order valence-corrected chi connectivity index (χ4v) is 4.56. The van der Waals surface area contributed by atoms with Gasteiger partial charge in [0.25, 0.3) is 5.91 Å². The lowest BCUT2D eigenvalue weighted by molar-refractivity contribution is -0.136. The number of carbonyl (C=O) groups is 3. The lowest BCUT2D eigenvalue weighted by Crippen LogP contribution is -2.52. The molecule has 3 amide bonds. The number of anilines is 1. The van der Waals surface area contributed by atoms with E-state index in [9.17, 15) is 14.4 Å². The molecular weight excluding hydrogens is 452 g/mol. The molecule has 34 heavy (non-hydrogen) atoms. The normalized spacial score (nSPS) is 23.1. The molecule has 1 atom stereocenters. The molecule has 2 saturated heterocycles. The zero-order valence-corrected chi connectivity index (χ0v) is 19.9. The predicted octanol–water partition coefficient (Wildman–Crippen LogP) is 2.00. The molecule has 2 aromatic rings. The van der Waals surface area contributed by atoms with Crippen LogP contribution in [0.1, 0.15) is 41.3 Å². The summed E-state index contributed by atoms with van der Waals surface area (Å²) in [5.41, 5.74) is 4.45. The summed E-state index contributed by atoms with van der Waals surface area (Å²) in [5, 5.41) is 5.62. The summed E-state index contributed by atoms with van der Waals surface area (Å²) >= 11 is 0. The number of imide groups is 1. The Hall–Kier alpha value is -2.88. The maximum Gasteiger partial charge on any atom is 0.255 e.